The Bertz CT molecular complexity index is 2710. The van der Waals surface area contributed by atoms with E-state index in [-0.39, 0.29) is 20.1 Å². The molecular formula is C49H43GeIrN3O-2. The number of para-hydroxylation sites is 4. The van der Waals surface area contributed by atoms with Crippen LogP contribution in [0.2, 0.25) is 17.3 Å². The van der Waals surface area contributed by atoms with Crippen LogP contribution in [0.3, 0.4) is 0 Å². The first-order valence-corrected chi connectivity index (χ1v) is 26.0. The van der Waals surface area contributed by atoms with Crippen molar-refractivity contribution in [3.63, 3.8) is 0 Å². The Labute approximate surface area is 340 Å². The average molecular weight is 955 g/mol. The third-order valence-electron chi connectivity index (χ3n) is 9.74. The second-order valence-corrected chi connectivity index (χ2v) is 25.8. The van der Waals surface area contributed by atoms with Gasteiger partial charge in [0.1, 0.15) is 5.58 Å². The first kappa shape index (κ1) is 38.2. The number of hydrogen-bond acceptors (Lipinski definition) is 3. The van der Waals surface area contributed by atoms with E-state index in [1.54, 1.807) is 0 Å². The summed E-state index contributed by atoms with van der Waals surface area (Å²) in [5, 5.41) is 2.18. The monoisotopic (exact) mass is 956 g/mol. The van der Waals surface area contributed by atoms with Crippen molar-refractivity contribution in [1.82, 2.24) is 14.5 Å². The van der Waals surface area contributed by atoms with Crippen LogP contribution in [0.4, 0.5) is 0 Å². The fraction of sp³-hybridized carbons (Fsp3) is 0.143. The number of fused-ring (bicyclic) bond motifs is 4. The molecule has 0 N–H and O–H groups in total. The van der Waals surface area contributed by atoms with E-state index in [4.69, 9.17) is 14.4 Å². The molecule has 0 unspecified atom stereocenters. The van der Waals surface area contributed by atoms with Crippen molar-refractivity contribution in [3.8, 4) is 39.5 Å². The van der Waals surface area contributed by atoms with Crippen molar-refractivity contribution in [2.75, 3.05) is 0 Å². The molecule has 3 heterocycles. The van der Waals surface area contributed by atoms with Crippen LogP contribution in [0.5, 0.6) is 0 Å². The molecule has 9 aromatic rings. The van der Waals surface area contributed by atoms with Gasteiger partial charge in [-0.3, -0.25) is 4.98 Å². The average Bonchev–Trinajstić information content (AvgIpc) is 3.77. The van der Waals surface area contributed by atoms with Crippen LogP contribution >= 0.6 is 0 Å². The van der Waals surface area contributed by atoms with Crippen molar-refractivity contribution in [2.45, 2.75) is 37.5 Å². The van der Waals surface area contributed by atoms with Crippen molar-refractivity contribution in [2.24, 2.45) is 5.92 Å². The third-order valence-corrected chi connectivity index (χ3v) is 14.1. The van der Waals surface area contributed by atoms with E-state index < -0.39 is 13.3 Å². The molecular weight excluding hydrogens is 911 g/mol. The van der Waals surface area contributed by atoms with Gasteiger partial charge < -0.3 is 8.98 Å². The Morgan fingerprint density at radius 3 is 2.16 bits per heavy atom. The smallest absolute Gasteiger partial charge is 0.123 e. The molecule has 6 aromatic carbocycles. The van der Waals surface area contributed by atoms with E-state index in [0.717, 1.165) is 67.7 Å². The van der Waals surface area contributed by atoms with Crippen molar-refractivity contribution < 1.29 is 24.5 Å². The number of pyridine rings is 1. The fourth-order valence-electron chi connectivity index (χ4n) is 7.19. The Morgan fingerprint density at radius 1 is 0.691 bits per heavy atom. The zero-order valence-electron chi connectivity index (χ0n) is 31.8. The maximum absolute atomic E-state index is 6.08. The summed E-state index contributed by atoms with van der Waals surface area (Å²) < 4.78 is 9.78. The maximum Gasteiger partial charge on any atom is 0.123 e. The van der Waals surface area contributed by atoms with Gasteiger partial charge in [-0.2, -0.15) is 0 Å². The largest absolute Gasteiger partial charge is 0.476 e. The zero-order valence-corrected chi connectivity index (χ0v) is 36.3. The molecule has 0 spiro atoms. The molecule has 3 aromatic heterocycles. The van der Waals surface area contributed by atoms with Crippen LogP contribution in [-0.4, -0.2) is 27.8 Å². The molecule has 0 aliphatic rings. The molecule has 0 saturated carbocycles. The Balaban J connectivity index is 0.000000167. The molecule has 55 heavy (non-hydrogen) atoms. The minimum atomic E-state index is -1.93. The summed E-state index contributed by atoms with van der Waals surface area (Å²) in [6.45, 7) is 4.59. The summed E-state index contributed by atoms with van der Waals surface area (Å²) in [7, 11) is 0. The quantitative estimate of drug-likeness (QED) is 0.118. The van der Waals surface area contributed by atoms with Crippen molar-refractivity contribution >= 4 is 50.6 Å². The van der Waals surface area contributed by atoms with Gasteiger partial charge in [0, 0.05) is 25.8 Å². The van der Waals surface area contributed by atoms with Crippen molar-refractivity contribution in [1.29, 1.82) is 0 Å². The second-order valence-electron chi connectivity index (χ2n) is 15.2. The van der Waals surface area contributed by atoms with Gasteiger partial charge in [0.05, 0.1) is 22.4 Å². The van der Waals surface area contributed by atoms with Crippen LogP contribution in [0, 0.1) is 18.1 Å². The SMILES string of the molecule is CC(C)Cc1cc(-c2[c-]ccc(-c3ccccc3)c2)nc[c]1[Ge]([CH3])([CH3])[CH3].[Ir].[c-]1cc2c(cc1-c1nc3ccccc3n1-c1ccccc1)oc1ccccc12. The molecule has 0 aliphatic carbocycles. The second kappa shape index (κ2) is 16.3. The van der Waals surface area contributed by atoms with E-state index in [1.165, 1.54) is 21.1 Å². The molecule has 6 heteroatoms. The van der Waals surface area contributed by atoms with E-state index in [9.17, 15) is 0 Å². The minimum Gasteiger partial charge on any atom is -0.476 e. The maximum atomic E-state index is 6.08. The molecule has 0 fully saturated rings. The number of benzene rings is 6. The summed E-state index contributed by atoms with van der Waals surface area (Å²) >= 11 is -1.93. The van der Waals surface area contributed by atoms with E-state index in [0.29, 0.717) is 5.92 Å². The fourth-order valence-corrected chi connectivity index (χ4v) is 10.5. The molecule has 9 rings (SSSR count). The number of hydrogen-bond donors (Lipinski definition) is 0. The van der Waals surface area contributed by atoms with Crippen LogP contribution in [0.1, 0.15) is 19.4 Å². The first-order valence-electron chi connectivity index (χ1n) is 18.7. The van der Waals surface area contributed by atoms with Gasteiger partial charge in [-0.15, -0.1) is 17.7 Å². The normalized spacial score (nSPS) is 11.5. The van der Waals surface area contributed by atoms with Gasteiger partial charge in [-0.1, -0.05) is 60.0 Å². The van der Waals surface area contributed by atoms with Crippen LogP contribution in [-0.2, 0) is 26.5 Å². The molecule has 275 valence electrons. The van der Waals surface area contributed by atoms with Crippen LogP contribution in [0.25, 0.3) is 72.4 Å². The van der Waals surface area contributed by atoms with Gasteiger partial charge in [0.2, 0.25) is 0 Å². The predicted octanol–water partition coefficient (Wildman–Crippen LogP) is 12.3. The summed E-state index contributed by atoms with van der Waals surface area (Å²) in [5.41, 5.74) is 11.8. The summed E-state index contributed by atoms with van der Waals surface area (Å²) in [6.07, 6.45) is 3.27. The Morgan fingerprint density at radius 2 is 1.40 bits per heavy atom. The van der Waals surface area contributed by atoms with E-state index in [2.05, 4.69) is 127 Å². The van der Waals surface area contributed by atoms with Gasteiger partial charge in [-0.25, -0.2) is 0 Å². The number of aromatic nitrogens is 3. The van der Waals surface area contributed by atoms with E-state index in [1.807, 2.05) is 72.8 Å². The number of imidazole rings is 1. The molecule has 0 saturated heterocycles. The Hall–Kier alpha value is -5.07. The molecule has 0 amide bonds. The van der Waals surface area contributed by atoms with Gasteiger partial charge in [0.25, 0.3) is 0 Å². The molecule has 1 radical (unpaired) electrons. The molecule has 0 aliphatic heterocycles. The van der Waals surface area contributed by atoms with Crippen molar-refractivity contribution in [3.05, 3.63) is 169 Å². The Kier molecular flexibility index (Phi) is 11.4. The molecule has 4 nitrogen and oxygen atoms in total. The first-order chi connectivity index (χ1) is 26.2. The summed E-state index contributed by atoms with van der Waals surface area (Å²) in [5.74, 6) is 8.84. The van der Waals surface area contributed by atoms with Gasteiger partial charge in [-0.05, 0) is 35.7 Å². The van der Waals surface area contributed by atoms with Crippen LogP contribution < -0.4 is 4.40 Å². The predicted molar refractivity (Wildman–Crippen MR) is 228 cm³/mol. The number of furan rings is 1. The summed E-state index contributed by atoms with van der Waals surface area (Å²) in [4.78, 5) is 9.74. The number of nitrogens with zero attached hydrogens (tertiary/aromatic N) is 3. The molecule has 0 bridgehead atoms. The van der Waals surface area contributed by atoms with Gasteiger partial charge >= 0.3 is 161 Å². The topological polar surface area (TPSA) is 43.9 Å². The van der Waals surface area contributed by atoms with Gasteiger partial charge in [0.15, 0.2) is 0 Å². The van der Waals surface area contributed by atoms with E-state index >= 15 is 0 Å². The summed E-state index contributed by atoms with van der Waals surface area (Å²) in [6, 6.07) is 56.6. The van der Waals surface area contributed by atoms with Crippen LogP contribution in [0.15, 0.2) is 156 Å². The third kappa shape index (κ3) is 8.16. The zero-order chi connectivity index (χ0) is 37.2. The minimum absolute atomic E-state index is 0. The number of rotatable bonds is 7. The molecule has 0 atom stereocenters. The standard InChI is InChI=1S/C25H15N2O.C24H28GeN.Ir/c1-2-8-18(9-3-1)27-22-12-6-5-11-21(22)26-25(27)17-14-15-20-19-10-4-7-13-23(19)28-24(20)16-17;1-18(2)14-22-16-24(26-17-23(22)25(3,4)5)21-13-9-12-20(15-21)19-10-7-6-8-11-19;/h1-13,15-16H;6-12,15-18H,14H2,1-5H3;/q2*-1;.